The minimum absolute atomic E-state index is 0.0625. The number of nitrogens with zero attached hydrogens (tertiary/aromatic N) is 3. The maximum Gasteiger partial charge on any atom is 0.320 e. The molecule has 17 heavy (non-hydrogen) atoms. The van der Waals surface area contributed by atoms with Gasteiger partial charge in [0.2, 0.25) is 5.91 Å². The molecule has 0 aromatic rings. The van der Waals surface area contributed by atoms with Crippen LogP contribution in [0.1, 0.15) is 12.8 Å². The molecule has 0 aliphatic carbocycles. The third-order valence-electron chi connectivity index (χ3n) is 3.21. The molecule has 2 aliphatic heterocycles. The van der Waals surface area contributed by atoms with E-state index in [1.165, 1.54) is 4.90 Å². The summed E-state index contributed by atoms with van der Waals surface area (Å²) < 4.78 is 0. The van der Waals surface area contributed by atoms with Gasteiger partial charge < -0.3 is 14.7 Å². The van der Waals surface area contributed by atoms with E-state index in [0.717, 1.165) is 31.7 Å². The largest absolute Gasteiger partial charge is 0.341 e. The van der Waals surface area contributed by atoms with E-state index >= 15 is 0 Å². The van der Waals surface area contributed by atoms with Crippen LogP contribution in [0.4, 0.5) is 4.79 Å². The molecular weight excluding hydrogens is 238 g/mol. The normalized spacial score (nSPS) is 24.2. The van der Waals surface area contributed by atoms with E-state index in [2.05, 4.69) is 0 Å². The van der Waals surface area contributed by atoms with Gasteiger partial charge in [-0.05, 0) is 12.8 Å². The first-order valence-corrected chi connectivity index (χ1v) is 7.11. The van der Waals surface area contributed by atoms with Gasteiger partial charge in [-0.25, -0.2) is 4.79 Å². The Hall–Kier alpha value is -0.910. The summed E-state index contributed by atoms with van der Waals surface area (Å²) in [5, 5.41) is 0. The van der Waals surface area contributed by atoms with Gasteiger partial charge in [-0.3, -0.25) is 4.79 Å². The SMILES string of the molecule is CN(C)C(=O)N1CSCC1C(=O)N1CCCC1. The Morgan fingerprint density at radius 2 is 1.88 bits per heavy atom. The number of carbonyl (C=O) groups excluding carboxylic acids is 2. The van der Waals surface area contributed by atoms with Crippen LogP contribution in [-0.2, 0) is 4.79 Å². The van der Waals surface area contributed by atoms with Gasteiger partial charge in [0.05, 0.1) is 5.88 Å². The summed E-state index contributed by atoms with van der Waals surface area (Å²) in [7, 11) is 3.45. The highest BCUT2D eigenvalue weighted by Gasteiger charge is 2.38. The molecule has 2 saturated heterocycles. The van der Waals surface area contributed by atoms with Crippen molar-refractivity contribution in [3.8, 4) is 0 Å². The molecule has 3 amide bonds. The lowest BCUT2D eigenvalue weighted by Crippen LogP contribution is -2.50. The van der Waals surface area contributed by atoms with E-state index in [-0.39, 0.29) is 18.0 Å². The average Bonchev–Trinajstić information content (AvgIpc) is 2.97. The molecule has 0 aromatic carbocycles. The first-order chi connectivity index (χ1) is 8.11. The molecule has 0 saturated carbocycles. The number of hydrogen-bond donors (Lipinski definition) is 0. The zero-order valence-corrected chi connectivity index (χ0v) is 11.2. The number of rotatable bonds is 1. The summed E-state index contributed by atoms with van der Waals surface area (Å²) in [5.41, 5.74) is 0. The van der Waals surface area contributed by atoms with Crippen molar-refractivity contribution in [2.75, 3.05) is 38.8 Å². The molecular formula is C11H19N3O2S. The van der Waals surface area contributed by atoms with Crippen molar-refractivity contribution in [2.45, 2.75) is 18.9 Å². The van der Waals surface area contributed by atoms with Crippen LogP contribution in [-0.4, -0.2) is 71.5 Å². The minimum atomic E-state index is -0.256. The summed E-state index contributed by atoms with van der Waals surface area (Å²) in [6.45, 7) is 1.70. The van der Waals surface area contributed by atoms with Gasteiger partial charge in [0.15, 0.2) is 0 Å². The van der Waals surface area contributed by atoms with Gasteiger partial charge in [0.1, 0.15) is 6.04 Å². The van der Waals surface area contributed by atoms with E-state index in [1.807, 2.05) is 4.90 Å². The van der Waals surface area contributed by atoms with E-state index < -0.39 is 0 Å². The number of carbonyl (C=O) groups is 2. The third kappa shape index (κ3) is 2.51. The highest BCUT2D eigenvalue weighted by Crippen LogP contribution is 2.24. The zero-order valence-electron chi connectivity index (χ0n) is 10.4. The summed E-state index contributed by atoms with van der Waals surface area (Å²) >= 11 is 1.65. The molecule has 0 N–H and O–H groups in total. The number of hydrogen-bond acceptors (Lipinski definition) is 3. The number of amides is 3. The molecule has 2 rings (SSSR count). The molecule has 1 unspecified atom stereocenters. The standard InChI is InChI=1S/C11H19N3O2S/c1-12(2)11(16)14-8-17-7-9(14)10(15)13-5-3-4-6-13/h9H,3-8H2,1-2H3. The van der Waals surface area contributed by atoms with Crippen LogP contribution in [0.15, 0.2) is 0 Å². The molecule has 2 fully saturated rings. The smallest absolute Gasteiger partial charge is 0.320 e. The molecule has 0 spiro atoms. The van der Waals surface area contributed by atoms with Crippen molar-refractivity contribution in [2.24, 2.45) is 0 Å². The topological polar surface area (TPSA) is 43.9 Å². The summed E-state index contributed by atoms with van der Waals surface area (Å²) in [5.74, 6) is 1.48. The van der Waals surface area contributed by atoms with Gasteiger partial charge in [0, 0.05) is 32.9 Å². The highest BCUT2D eigenvalue weighted by molar-refractivity contribution is 7.99. The van der Waals surface area contributed by atoms with Gasteiger partial charge in [-0.2, -0.15) is 0 Å². The zero-order chi connectivity index (χ0) is 12.4. The van der Waals surface area contributed by atoms with Crippen molar-refractivity contribution in [1.82, 2.24) is 14.7 Å². The Bertz CT molecular complexity index is 316. The second-order valence-corrected chi connectivity index (χ2v) is 5.69. The molecule has 0 radical (unpaired) electrons. The lowest BCUT2D eigenvalue weighted by atomic mass is 10.2. The van der Waals surface area contributed by atoms with Crippen molar-refractivity contribution < 1.29 is 9.59 Å². The van der Waals surface area contributed by atoms with E-state index in [9.17, 15) is 9.59 Å². The maximum absolute atomic E-state index is 12.3. The second kappa shape index (κ2) is 5.16. The van der Waals surface area contributed by atoms with Crippen LogP contribution in [0, 0.1) is 0 Å². The molecule has 0 bridgehead atoms. The van der Waals surface area contributed by atoms with E-state index in [0.29, 0.717) is 5.88 Å². The van der Waals surface area contributed by atoms with Crippen LogP contribution in [0.25, 0.3) is 0 Å². The van der Waals surface area contributed by atoms with Gasteiger partial charge in [-0.15, -0.1) is 11.8 Å². The highest BCUT2D eigenvalue weighted by atomic mass is 32.2. The molecule has 1 atom stereocenters. The van der Waals surface area contributed by atoms with E-state index in [4.69, 9.17) is 0 Å². The number of urea groups is 1. The Kier molecular flexibility index (Phi) is 3.81. The monoisotopic (exact) mass is 257 g/mol. The van der Waals surface area contributed by atoms with Crippen LogP contribution in [0.2, 0.25) is 0 Å². The van der Waals surface area contributed by atoms with Crippen LogP contribution < -0.4 is 0 Å². The Balaban J connectivity index is 2.03. The predicted octanol–water partition coefficient (Wildman–Crippen LogP) is 0.665. The van der Waals surface area contributed by atoms with E-state index in [1.54, 1.807) is 30.8 Å². The lowest BCUT2D eigenvalue weighted by molar-refractivity contribution is -0.133. The average molecular weight is 257 g/mol. The lowest BCUT2D eigenvalue weighted by Gasteiger charge is -2.28. The predicted molar refractivity (Wildman–Crippen MR) is 67.8 cm³/mol. The molecule has 0 aromatic heterocycles. The quantitative estimate of drug-likeness (QED) is 0.693. The van der Waals surface area contributed by atoms with Crippen LogP contribution >= 0.6 is 11.8 Å². The first kappa shape index (κ1) is 12.5. The fraction of sp³-hybridized carbons (Fsp3) is 0.818. The molecule has 6 heteroatoms. The maximum atomic E-state index is 12.3. The molecule has 2 heterocycles. The second-order valence-electron chi connectivity index (χ2n) is 4.69. The fourth-order valence-corrected chi connectivity index (χ4v) is 3.38. The molecule has 5 nitrogen and oxygen atoms in total. The molecule has 96 valence electrons. The van der Waals surface area contributed by atoms with Crippen LogP contribution in [0.5, 0.6) is 0 Å². The summed E-state index contributed by atoms with van der Waals surface area (Å²) in [6, 6.07) is -0.319. The first-order valence-electron chi connectivity index (χ1n) is 5.95. The summed E-state index contributed by atoms with van der Waals surface area (Å²) in [6.07, 6.45) is 2.18. The van der Waals surface area contributed by atoms with Crippen molar-refractivity contribution in [1.29, 1.82) is 0 Å². The van der Waals surface area contributed by atoms with Gasteiger partial charge in [-0.1, -0.05) is 0 Å². The minimum Gasteiger partial charge on any atom is -0.341 e. The molecule has 2 aliphatic rings. The number of likely N-dealkylation sites (tertiary alicyclic amines) is 1. The van der Waals surface area contributed by atoms with Crippen molar-refractivity contribution in [3.05, 3.63) is 0 Å². The van der Waals surface area contributed by atoms with Gasteiger partial charge in [0.25, 0.3) is 0 Å². The van der Waals surface area contributed by atoms with Gasteiger partial charge >= 0.3 is 6.03 Å². The summed E-state index contributed by atoms with van der Waals surface area (Å²) in [4.78, 5) is 29.3. The third-order valence-corrected chi connectivity index (χ3v) is 4.23. The van der Waals surface area contributed by atoms with Crippen LogP contribution in [0.3, 0.4) is 0 Å². The fourth-order valence-electron chi connectivity index (χ4n) is 2.24. The van der Waals surface area contributed by atoms with Crippen molar-refractivity contribution >= 4 is 23.7 Å². The Morgan fingerprint density at radius 3 is 2.47 bits per heavy atom. The Morgan fingerprint density at radius 1 is 1.24 bits per heavy atom. The number of thioether (sulfide) groups is 1. The van der Waals surface area contributed by atoms with Crippen molar-refractivity contribution in [3.63, 3.8) is 0 Å². The Labute approximate surface area is 106 Å².